The third kappa shape index (κ3) is 3.10. The first-order chi connectivity index (χ1) is 7.95. The highest BCUT2D eigenvalue weighted by Crippen LogP contribution is 2.19. The van der Waals surface area contributed by atoms with Gasteiger partial charge in [0.05, 0.1) is 12.1 Å². The third-order valence-electron chi connectivity index (χ3n) is 1.78. The summed E-state index contributed by atoms with van der Waals surface area (Å²) < 4.78 is 38.4. The maximum atomic E-state index is 13.1. The SMILES string of the molecule is N/C(CC(=O)Nc1ccc(F)c(F)c1F)=N\O. The molecule has 0 heterocycles. The van der Waals surface area contributed by atoms with Gasteiger partial charge in [0.2, 0.25) is 5.91 Å². The maximum absolute atomic E-state index is 13.1. The van der Waals surface area contributed by atoms with E-state index in [4.69, 9.17) is 10.9 Å². The standard InChI is InChI=1S/C9H8F3N3O2/c10-4-1-2-5(9(12)8(4)11)14-7(16)3-6(13)15-17/h1-2,17H,3H2,(H2,13,15)(H,14,16). The van der Waals surface area contributed by atoms with E-state index in [9.17, 15) is 18.0 Å². The highest BCUT2D eigenvalue weighted by molar-refractivity contribution is 6.04. The fourth-order valence-corrected chi connectivity index (χ4v) is 1.02. The number of hydrogen-bond donors (Lipinski definition) is 3. The Hall–Kier alpha value is -2.25. The van der Waals surface area contributed by atoms with Gasteiger partial charge < -0.3 is 16.3 Å². The summed E-state index contributed by atoms with van der Waals surface area (Å²) in [5.41, 5.74) is 4.50. The summed E-state index contributed by atoms with van der Waals surface area (Å²) >= 11 is 0. The molecule has 17 heavy (non-hydrogen) atoms. The van der Waals surface area contributed by atoms with E-state index < -0.39 is 41.3 Å². The zero-order chi connectivity index (χ0) is 13.0. The van der Waals surface area contributed by atoms with Crippen molar-refractivity contribution in [3.8, 4) is 0 Å². The van der Waals surface area contributed by atoms with Gasteiger partial charge in [0.25, 0.3) is 0 Å². The first-order valence-corrected chi connectivity index (χ1v) is 4.35. The average Bonchev–Trinajstić information content (AvgIpc) is 2.29. The molecule has 8 heteroatoms. The molecule has 0 aromatic heterocycles. The second-order valence-electron chi connectivity index (χ2n) is 3.04. The van der Waals surface area contributed by atoms with Crippen LogP contribution in [-0.2, 0) is 4.79 Å². The summed E-state index contributed by atoms with van der Waals surface area (Å²) in [5.74, 6) is -5.79. The number of amidine groups is 1. The molecule has 1 aromatic carbocycles. The highest BCUT2D eigenvalue weighted by Gasteiger charge is 2.15. The van der Waals surface area contributed by atoms with E-state index in [2.05, 4.69) is 5.16 Å². The summed E-state index contributed by atoms with van der Waals surface area (Å²) in [4.78, 5) is 11.2. The molecule has 1 aromatic rings. The molecule has 0 spiro atoms. The number of nitrogens with two attached hydrogens (primary N) is 1. The zero-order valence-corrected chi connectivity index (χ0v) is 8.38. The Morgan fingerprint density at radius 3 is 2.59 bits per heavy atom. The summed E-state index contributed by atoms with van der Waals surface area (Å²) in [5, 5.41) is 12.7. The van der Waals surface area contributed by atoms with Crippen molar-refractivity contribution in [1.82, 2.24) is 0 Å². The van der Waals surface area contributed by atoms with Crippen LogP contribution in [0, 0.1) is 17.5 Å². The molecule has 0 saturated heterocycles. The second kappa shape index (κ2) is 5.19. The van der Waals surface area contributed by atoms with Gasteiger partial charge in [-0.3, -0.25) is 4.79 Å². The molecule has 0 fully saturated rings. The molecule has 92 valence electrons. The van der Waals surface area contributed by atoms with Crippen LogP contribution < -0.4 is 11.1 Å². The highest BCUT2D eigenvalue weighted by atomic mass is 19.2. The normalized spacial score (nSPS) is 11.4. The Balaban J connectivity index is 2.83. The zero-order valence-electron chi connectivity index (χ0n) is 8.38. The number of nitrogens with zero attached hydrogens (tertiary/aromatic N) is 1. The molecule has 0 radical (unpaired) electrons. The minimum atomic E-state index is -1.69. The van der Waals surface area contributed by atoms with Crippen LogP contribution in [0.15, 0.2) is 17.3 Å². The quantitative estimate of drug-likeness (QED) is 0.246. The van der Waals surface area contributed by atoms with Crippen LogP contribution in [0.2, 0.25) is 0 Å². The molecule has 1 rings (SSSR count). The molecule has 1 amide bonds. The number of anilines is 1. The van der Waals surface area contributed by atoms with Crippen molar-refractivity contribution in [2.45, 2.75) is 6.42 Å². The number of halogens is 3. The van der Waals surface area contributed by atoms with Gasteiger partial charge in [-0.15, -0.1) is 0 Å². The number of carbonyl (C=O) groups is 1. The van der Waals surface area contributed by atoms with Gasteiger partial charge in [-0.1, -0.05) is 5.16 Å². The molecule has 0 aliphatic carbocycles. The number of nitrogens with one attached hydrogen (secondary N) is 1. The van der Waals surface area contributed by atoms with E-state index in [1.54, 1.807) is 0 Å². The summed E-state index contributed by atoms with van der Waals surface area (Å²) in [6, 6.07) is 1.52. The first-order valence-electron chi connectivity index (χ1n) is 4.35. The molecule has 0 saturated carbocycles. The van der Waals surface area contributed by atoms with Crippen molar-refractivity contribution >= 4 is 17.4 Å². The van der Waals surface area contributed by atoms with Gasteiger partial charge in [-0.25, -0.2) is 13.2 Å². The Bertz CT molecular complexity index is 477. The molecule has 4 N–H and O–H groups in total. The minimum Gasteiger partial charge on any atom is -0.409 e. The Kier molecular flexibility index (Phi) is 3.91. The van der Waals surface area contributed by atoms with Crippen molar-refractivity contribution in [3.63, 3.8) is 0 Å². The smallest absolute Gasteiger partial charge is 0.232 e. The van der Waals surface area contributed by atoms with Gasteiger partial charge in [0, 0.05) is 0 Å². The fraction of sp³-hybridized carbons (Fsp3) is 0.111. The first kappa shape index (κ1) is 12.8. The van der Waals surface area contributed by atoms with Gasteiger partial charge in [0.15, 0.2) is 17.5 Å². The van der Waals surface area contributed by atoms with E-state index in [0.29, 0.717) is 6.07 Å². The number of hydrogen-bond acceptors (Lipinski definition) is 3. The molecular weight excluding hydrogens is 239 g/mol. The topological polar surface area (TPSA) is 87.7 Å². The van der Waals surface area contributed by atoms with E-state index >= 15 is 0 Å². The number of oxime groups is 1. The van der Waals surface area contributed by atoms with E-state index in [0.717, 1.165) is 6.07 Å². The van der Waals surface area contributed by atoms with Gasteiger partial charge in [-0.05, 0) is 12.1 Å². The lowest BCUT2D eigenvalue weighted by Gasteiger charge is -2.06. The predicted molar refractivity (Wildman–Crippen MR) is 53.0 cm³/mol. The summed E-state index contributed by atoms with van der Waals surface area (Å²) in [6.45, 7) is 0. The van der Waals surface area contributed by atoms with E-state index in [-0.39, 0.29) is 0 Å². The van der Waals surface area contributed by atoms with Gasteiger partial charge in [-0.2, -0.15) is 0 Å². The minimum absolute atomic E-state index is 0.398. The van der Waals surface area contributed by atoms with E-state index in [1.165, 1.54) is 0 Å². The van der Waals surface area contributed by atoms with Gasteiger partial charge >= 0.3 is 0 Å². The van der Waals surface area contributed by atoms with Crippen LogP contribution in [0.4, 0.5) is 18.9 Å². The van der Waals surface area contributed by atoms with Crippen LogP contribution in [0.3, 0.4) is 0 Å². The lowest BCUT2D eigenvalue weighted by molar-refractivity contribution is -0.115. The summed E-state index contributed by atoms with van der Waals surface area (Å²) in [6.07, 6.45) is -0.505. The lowest BCUT2D eigenvalue weighted by atomic mass is 10.2. The van der Waals surface area contributed by atoms with Crippen LogP contribution >= 0.6 is 0 Å². The van der Waals surface area contributed by atoms with Crippen molar-refractivity contribution in [2.75, 3.05) is 5.32 Å². The molecule has 0 unspecified atom stereocenters. The van der Waals surface area contributed by atoms with Gasteiger partial charge in [0.1, 0.15) is 5.84 Å². The van der Waals surface area contributed by atoms with Crippen molar-refractivity contribution in [2.24, 2.45) is 10.9 Å². The van der Waals surface area contributed by atoms with Crippen LogP contribution in [0.1, 0.15) is 6.42 Å². The molecule has 5 nitrogen and oxygen atoms in total. The monoisotopic (exact) mass is 247 g/mol. The average molecular weight is 247 g/mol. The van der Waals surface area contributed by atoms with Crippen molar-refractivity contribution in [1.29, 1.82) is 0 Å². The Labute approximate surface area is 93.7 Å². The van der Waals surface area contributed by atoms with Crippen LogP contribution in [0.25, 0.3) is 0 Å². The summed E-state index contributed by atoms with van der Waals surface area (Å²) in [7, 11) is 0. The van der Waals surface area contributed by atoms with Crippen LogP contribution in [-0.4, -0.2) is 17.0 Å². The van der Waals surface area contributed by atoms with Crippen LogP contribution in [0.5, 0.6) is 0 Å². The molecule has 0 atom stereocenters. The largest absolute Gasteiger partial charge is 0.409 e. The van der Waals surface area contributed by atoms with E-state index in [1.807, 2.05) is 5.32 Å². The molecule has 0 bridgehead atoms. The fourth-order valence-electron chi connectivity index (χ4n) is 1.02. The number of amides is 1. The number of rotatable bonds is 3. The third-order valence-corrected chi connectivity index (χ3v) is 1.78. The maximum Gasteiger partial charge on any atom is 0.232 e. The Morgan fingerprint density at radius 1 is 1.35 bits per heavy atom. The molecular formula is C9H8F3N3O2. The molecule has 0 aliphatic heterocycles. The number of carbonyl (C=O) groups excluding carboxylic acids is 1. The number of benzene rings is 1. The van der Waals surface area contributed by atoms with Crippen molar-refractivity contribution < 1.29 is 23.2 Å². The van der Waals surface area contributed by atoms with Crippen molar-refractivity contribution in [3.05, 3.63) is 29.6 Å². The lowest BCUT2D eigenvalue weighted by Crippen LogP contribution is -2.22. The predicted octanol–water partition coefficient (Wildman–Crippen LogP) is 1.18. The molecule has 0 aliphatic rings. The Morgan fingerprint density at radius 2 is 2.00 bits per heavy atom. The second-order valence-corrected chi connectivity index (χ2v) is 3.04.